The number of nitrogens with zero attached hydrogens (tertiary/aromatic N) is 1. The number of benzene rings is 1. The minimum Gasteiger partial charge on any atom is -0.463 e. The van der Waals surface area contributed by atoms with E-state index >= 15 is 0 Å². The highest BCUT2D eigenvalue weighted by molar-refractivity contribution is 6.05. The zero-order chi connectivity index (χ0) is 12.5. The molecule has 18 heavy (non-hydrogen) atoms. The first kappa shape index (κ1) is 11.3. The van der Waals surface area contributed by atoms with Crippen molar-refractivity contribution in [3.05, 3.63) is 36.1 Å². The molecule has 2 heterocycles. The van der Waals surface area contributed by atoms with Gasteiger partial charge in [-0.05, 0) is 18.9 Å². The third-order valence-corrected chi connectivity index (χ3v) is 3.40. The van der Waals surface area contributed by atoms with Gasteiger partial charge in [-0.2, -0.15) is 0 Å². The Balaban J connectivity index is 1.92. The van der Waals surface area contributed by atoms with Crippen molar-refractivity contribution in [2.24, 2.45) is 0 Å². The molecule has 2 aromatic rings. The molecule has 94 valence electrons. The molecule has 1 fully saturated rings. The lowest BCUT2D eigenvalue weighted by molar-refractivity contribution is 0.0474. The molecule has 1 aliphatic rings. The van der Waals surface area contributed by atoms with Gasteiger partial charge in [0.2, 0.25) is 0 Å². The second-order valence-electron chi connectivity index (χ2n) is 4.69. The molecular weight excluding hydrogens is 230 g/mol. The van der Waals surface area contributed by atoms with Crippen LogP contribution in [0.1, 0.15) is 23.2 Å². The molecule has 4 nitrogen and oxygen atoms in total. The molecule has 1 amide bonds. The zero-order valence-corrected chi connectivity index (χ0v) is 10.0. The van der Waals surface area contributed by atoms with E-state index < -0.39 is 6.10 Å². The number of carbonyl (C=O) groups excluding carboxylic acids is 1. The van der Waals surface area contributed by atoms with E-state index in [0.717, 1.165) is 23.8 Å². The van der Waals surface area contributed by atoms with Gasteiger partial charge in [-0.3, -0.25) is 4.79 Å². The van der Waals surface area contributed by atoms with Gasteiger partial charge in [0, 0.05) is 18.5 Å². The van der Waals surface area contributed by atoms with Crippen LogP contribution in [0.15, 0.2) is 34.9 Å². The minimum absolute atomic E-state index is 0.0568. The summed E-state index contributed by atoms with van der Waals surface area (Å²) >= 11 is 0. The van der Waals surface area contributed by atoms with Crippen LogP contribution >= 0.6 is 0 Å². The van der Waals surface area contributed by atoms with Crippen molar-refractivity contribution in [2.75, 3.05) is 13.1 Å². The van der Waals surface area contributed by atoms with Crippen molar-refractivity contribution in [3.63, 3.8) is 0 Å². The quantitative estimate of drug-likeness (QED) is 0.836. The number of fused-ring (bicyclic) bond motifs is 1. The smallest absolute Gasteiger partial charge is 0.257 e. The summed E-state index contributed by atoms with van der Waals surface area (Å²) in [5, 5.41) is 10.5. The highest BCUT2D eigenvalue weighted by Gasteiger charge is 2.25. The van der Waals surface area contributed by atoms with Crippen molar-refractivity contribution >= 4 is 16.9 Å². The summed E-state index contributed by atoms with van der Waals surface area (Å²) in [4.78, 5) is 14.1. The van der Waals surface area contributed by atoms with Crippen LogP contribution in [0.4, 0.5) is 0 Å². The van der Waals surface area contributed by atoms with E-state index in [2.05, 4.69) is 0 Å². The molecule has 0 saturated carbocycles. The van der Waals surface area contributed by atoms with Crippen LogP contribution < -0.4 is 0 Å². The molecule has 0 spiro atoms. The number of β-amino-alcohol motifs (C(OH)–C–C–N with tert-alkyl or cyclic N) is 1. The van der Waals surface area contributed by atoms with Crippen molar-refractivity contribution < 1.29 is 14.3 Å². The summed E-state index contributed by atoms with van der Waals surface area (Å²) in [6, 6.07) is 7.49. The maximum absolute atomic E-state index is 12.4. The first-order chi connectivity index (χ1) is 8.75. The highest BCUT2D eigenvalue weighted by Crippen LogP contribution is 2.23. The molecule has 1 aliphatic heterocycles. The number of furan rings is 1. The number of aliphatic hydroxyl groups excluding tert-OH is 1. The molecule has 0 aliphatic carbocycles. The number of hydrogen-bond acceptors (Lipinski definition) is 3. The fourth-order valence-corrected chi connectivity index (χ4v) is 2.45. The Labute approximate surface area is 105 Å². The Kier molecular flexibility index (Phi) is 2.80. The van der Waals surface area contributed by atoms with Gasteiger partial charge in [0.25, 0.3) is 5.91 Å². The average Bonchev–Trinajstić information content (AvgIpc) is 2.82. The topological polar surface area (TPSA) is 53.7 Å². The zero-order valence-electron chi connectivity index (χ0n) is 10.0. The minimum atomic E-state index is -0.402. The standard InChI is InChI=1S/C14H15NO3/c16-10-4-3-7-15(8-10)14(17)12-9-18-13-6-2-1-5-11(12)13/h1-2,5-6,9-10,16H,3-4,7-8H2. The fourth-order valence-electron chi connectivity index (χ4n) is 2.45. The van der Waals surface area contributed by atoms with E-state index in [1.165, 1.54) is 6.26 Å². The maximum atomic E-state index is 12.4. The van der Waals surface area contributed by atoms with Crippen LogP contribution in [0.25, 0.3) is 11.0 Å². The predicted molar refractivity (Wildman–Crippen MR) is 67.4 cm³/mol. The molecule has 0 bridgehead atoms. The molecule has 4 heteroatoms. The first-order valence-corrected chi connectivity index (χ1v) is 6.19. The van der Waals surface area contributed by atoms with Gasteiger partial charge in [0.1, 0.15) is 11.8 Å². The molecule has 1 atom stereocenters. The van der Waals surface area contributed by atoms with E-state index in [1.54, 1.807) is 4.90 Å². The molecular formula is C14H15NO3. The fraction of sp³-hybridized carbons (Fsp3) is 0.357. The number of aliphatic hydroxyl groups is 1. The molecule has 1 N–H and O–H groups in total. The van der Waals surface area contributed by atoms with Crippen molar-refractivity contribution in [2.45, 2.75) is 18.9 Å². The molecule has 1 saturated heterocycles. The van der Waals surface area contributed by atoms with Crippen LogP contribution in [-0.2, 0) is 0 Å². The average molecular weight is 245 g/mol. The summed E-state index contributed by atoms with van der Waals surface area (Å²) in [7, 11) is 0. The van der Waals surface area contributed by atoms with Gasteiger partial charge in [-0.15, -0.1) is 0 Å². The van der Waals surface area contributed by atoms with E-state index in [9.17, 15) is 9.90 Å². The monoisotopic (exact) mass is 245 g/mol. The van der Waals surface area contributed by atoms with Gasteiger partial charge in [-0.1, -0.05) is 18.2 Å². The molecule has 1 aromatic heterocycles. The molecule has 0 radical (unpaired) electrons. The SMILES string of the molecule is O=C(c1coc2ccccc12)N1CCCC(O)C1. The third kappa shape index (κ3) is 1.88. The Morgan fingerprint density at radius 1 is 1.39 bits per heavy atom. The van der Waals surface area contributed by atoms with Gasteiger partial charge >= 0.3 is 0 Å². The van der Waals surface area contributed by atoms with Crippen molar-refractivity contribution in [3.8, 4) is 0 Å². The van der Waals surface area contributed by atoms with E-state index in [4.69, 9.17) is 4.42 Å². The normalized spacial score (nSPS) is 20.3. The summed E-state index contributed by atoms with van der Waals surface area (Å²) in [5.74, 6) is -0.0568. The lowest BCUT2D eigenvalue weighted by Gasteiger charge is -2.29. The van der Waals surface area contributed by atoms with Crippen LogP contribution in [-0.4, -0.2) is 35.1 Å². The van der Waals surface area contributed by atoms with Crippen LogP contribution in [0.2, 0.25) is 0 Å². The number of hydrogen-bond donors (Lipinski definition) is 1. The number of para-hydroxylation sites is 1. The number of likely N-dealkylation sites (tertiary alicyclic amines) is 1. The highest BCUT2D eigenvalue weighted by atomic mass is 16.3. The van der Waals surface area contributed by atoms with Crippen molar-refractivity contribution in [1.82, 2.24) is 4.90 Å². The number of piperidine rings is 1. The lowest BCUT2D eigenvalue weighted by Crippen LogP contribution is -2.42. The summed E-state index contributed by atoms with van der Waals surface area (Å²) in [5.41, 5.74) is 1.30. The van der Waals surface area contributed by atoms with Gasteiger partial charge in [0.05, 0.1) is 11.7 Å². The van der Waals surface area contributed by atoms with Gasteiger partial charge < -0.3 is 14.4 Å². The van der Waals surface area contributed by atoms with E-state index in [-0.39, 0.29) is 5.91 Å². The summed E-state index contributed by atoms with van der Waals surface area (Å²) in [6.07, 6.45) is 2.73. The van der Waals surface area contributed by atoms with E-state index in [1.807, 2.05) is 24.3 Å². The Bertz CT molecular complexity index is 575. The second kappa shape index (κ2) is 4.46. The number of amides is 1. The first-order valence-electron chi connectivity index (χ1n) is 6.19. The number of carbonyl (C=O) groups is 1. The lowest BCUT2D eigenvalue weighted by atomic mass is 10.1. The summed E-state index contributed by atoms with van der Waals surface area (Å²) < 4.78 is 5.38. The van der Waals surface area contributed by atoms with Crippen LogP contribution in [0.3, 0.4) is 0 Å². The molecule has 1 unspecified atom stereocenters. The molecule has 3 rings (SSSR count). The molecule has 1 aromatic carbocycles. The number of rotatable bonds is 1. The predicted octanol–water partition coefficient (Wildman–Crippen LogP) is 2.03. The van der Waals surface area contributed by atoms with Gasteiger partial charge in [-0.25, -0.2) is 0 Å². The second-order valence-corrected chi connectivity index (χ2v) is 4.69. The van der Waals surface area contributed by atoms with E-state index in [0.29, 0.717) is 18.7 Å². The maximum Gasteiger partial charge on any atom is 0.257 e. The summed E-state index contributed by atoms with van der Waals surface area (Å²) in [6.45, 7) is 1.12. The van der Waals surface area contributed by atoms with Crippen LogP contribution in [0, 0.1) is 0 Å². The third-order valence-electron chi connectivity index (χ3n) is 3.40. The van der Waals surface area contributed by atoms with Crippen LogP contribution in [0.5, 0.6) is 0 Å². The Morgan fingerprint density at radius 3 is 3.06 bits per heavy atom. The van der Waals surface area contributed by atoms with Crippen molar-refractivity contribution in [1.29, 1.82) is 0 Å². The van der Waals surface area contributed by atoms with Gasteiger partial charge in [0.15, 0.2) is 0 Å². The Morgan fingerprint density at radius 2 is 2.22 bits per heavy atom. The largest absolute Gasteiger partial charge is 0.463 e. The Hall–Kier alpha value is -1.81.